The third-order valence-electron chi connectivity index (χ3n) is 8.33. The molecule has 0 N–H and O–H groups in total. The lowest BCUT2D eigenvalue weighted by Gasteiger charge is -2.60. The Morgan fingerprint density at radius 1 is 1.25 bits per heavy atom. The van der Waals surface area contributed by atoms with Crippen LogP contribution >= 0.6 is 0 Å². The summed E-state index contributed by atoms with van der Waals surface area (Å²) in [5.41, 5.74) is 3.66. The molecule has 0 aromatic carbocycles. The summed E-state index contributed by atoms with van der Waals surface area (Å²) in [6.07, 6.45) is 14.8. The Balaban J connectivity index is 1.76. The number of hydrogen-bond donors (Lipinski definition) is 0. The zero-order chi connectivity index (χ0) is 16.9. The summed E-state index contributed by atoms with van der Waals surface area (Å²) >= 11 is 0. The number of rotatable bonds is 1. The van der Waals surface area contributed by atoms with Crippen molar-refractivity contribution in [3.8, 4) is 6.07 Å². The van der Waals surface area contributed by atoms with Crippen LogP contribution in [0.5, 0.6) is 0 Å². The summed E-state index contributed by atoms with van der Waals surface area (Å²) < 4.78 is 6.14. The molecule has 6 unspecified atom stereocenters. The van der Waals surface area contributed by atoms with Crippen LogP contribution in [0.3, 0.4) is 0 Å². The molecule has 130 valence electrons. The maximum absolute atomic E-state index is 9.22. The second-order valence-corrected chi connectivity index (χ2v) is 9.11. The van der Waals surface area contributed by atoms with Crippen LogP contribution in [0.2, 0.25) is 0 Å². The standard InChI is InChI=1S/C22H31NO/c1-21-12-5-4-6-15(21)7-9-17-18-10-8-16(11-13-23)22(18,2)14-19(24-3)20(17)21/h6,11,17-20H,4-5,7-10,12,14H2,1-3H3. The summed E-state index contributed by atoms with van der Waals surface area (Å²) in [6, 6.07) is 2.31. The van der Waals surface area contributed by atoms with E-state index in [2.05, 4.69) is 26.0 Å². The van der Waals surface area contributed by atoms with E-state index in [1.807, 2.05) is 13.2 Å². The van der Waals surface area contributed by atoms with Crippen molar-refractivity contribution in [2.24, 2.45) is 28.6 Å². The average Bonchev–Trinajstić information content (AvgIpc) is 2.90. The van der Waals surface area contributed by atoms with Gasteiger partial charge in [0.25, 0.3) is 0 Å². The van der Waals surface area contributed by atoms with Crippen molar-refractivity contribution in [3.05, 3.63) is 23.3 Å². The summed E-state index contributed by atoms with van der Waals surface area (Å²) in [5, 5.41) is 9.22. The van der Waals surface area contributed by atoms with Crippen LogP contribution in [0.4, 0.5) is 0 Å². The lowest BCUT2D eigenvalue weighted by atomic mass is 9.46. The minimum Gasteiger partial charge on any atom is -0.381 e. The van der Waals surface area contributed by atoms with Gasteiger partial charge in [-0.3, -0.25) is 0 Å². The molecule has 24 heavy (non-hydrogen) atoms. The molecule has 0 aliphatic heterocycles. The Kier molecular flexibility index (Phi) is 3.92. The second-order valence-electron chi connectivity index (χ2n) is 9.11. The highest BCUT2D eigenvalue weighted by molar-refractivity contribution is 5.31. The van der Waals surface area contributed by atoms with Gasteiger partial charge in [0, 0.05) is 13.2 Å². The molecule has 0 amide bonds. The fraction of sp³-hybridized carbons (Fsp3) is 0.773. The van der Waals surface area contributed by atoms with Crippen molar-refractivity contribution in [1.29, 1.82) is 5.26 Å². The number of nitriles is 1. The van der Waals surface area contributed by atoms with E-state index in [0.29, 0.717) is 17.4 Å². The molecule has 4 aliphatic carbocycles. The van der Waals surface area contributed by atoms with Gasteiger partial charge in [0.2, 0.25) is 0 Å². The summed E-state index contributed by atoms with van der Waals surface area (Å²) in [6.45, 7) is 4.95. The van der Waals surface area contributed by atoms with Crippen LogP contribution in [0.1, 0.15) is 65.2 Å². The van der Waals surface area contributed by atoms with Crippen molar-refractivity contribution >= 4 is 0 Å². The summed E-state index contributed by atoms with van der Waals surface area (Å²) in [4.78, 5) is 0. The van der Waals surface area contributed by atoms with E-state index in [1.165, 1.54) is 44.1 Å². The third-order valence-corrected chi connectivity index (χ3v) is 8.33. The van der Waals surface area contributed by atoms with Crippen LogP contribution < -0.4 is 0 Å². The molecule has 2 heteroatoms. The molecule has 0 heterocycles. The van der Waals surface area contributed by atoms with Crippen LogP contribution in [-0.2, 0) is 4.74 Å². The summed E-state index contributed by atoms with van der Waals surface area (Å²) in [5.74, 6) is 2.18. The van der Waals surface area contributed by atoms with Crippen molar-refractivity contribution in [2.45, 2.75) is 71.3 Å². The zero-order valence-electron chi connectivity index (χ0n) is 15.5. The third kappa shape index (κ3) is 2.10. The lowest BCUT2D eigenvalue weighted by molar-refractivity contribution is -0.124. The topological polar surface area (TPSA) is 33.0 Å². The van der Waals surface area contributed by atoms with Gasteiger partial charge in [-0.25, -0.2) is 0 Å². The van der Waals surface area contributed by atoms with E-state index >= 15 is 0 Å². The number of fused-ring (bicyclic) bond motifs is 5. The molecule has 0 aromatic heterocycles. The fourth-order valence-electron chi connectivity index (χ4n) is 7.23. The van der Waals surface area contributed by atoms with E-state index in [1.54, 1.807) is 5.57 Å². The minimum atomic E-state index is 0.184. The Morgan fingerprint density at radius 2 is 2.08 bits per heavy atom. The van der Waals surface area contributed by atoms with Gasteiger partial charge in [-0.2, -0.15) is 5.26 Å². The van der Waals surface area contributed by atoms with Crippen LogP contribution in [0.25, 0.3) is 0 Å². The molecule has 4 aliphatic rings. The largest absolute Gasteiger partial charge is 0.381 e. The predicted octanol–water partition coefficient (Wildman–Crippen LogP) is 5.41. The van der Waals surface area contributed by atoms with Gasteiger partial charge in [0.15, 0.2) is 0 Å². The van der Waals surface area contributed by atoms with E-state index in [9.17, 15) is 5.26 Å². The van der Waals surface area contributed by atoms with Gasteiger partial charge >= 0.3 is 0 Å². The Labute approximate surface area is 147 Å². The molecule has 3 fully saturated rings. The molecule has 3 saturated carbocycles. The van der Waals surface area contributed by atoms with Crippen molar-refractivity contribution in [2.75, 3.05) is 7.11 Å². The second kappa shape index (κ2) is 5.73. The first-order valence-electron chi connectivity index (χ1n) is 9.86. The Bertz CT molecular complexity index is 626. The number of allylic oxidation sites excluding steroid dienone is 4. The number of hydrogen-bond acceptors (Lipinski definition) is 2. The predicted molar refractivity (Wildman–Crippen MR) is 96.2 cm³/mol. The van der Waals surface area contributed by atoms with E-state index in [-0.39, 0.29) is 5.41 Å². The van der Waals surface area contributed by atoms with Crippen LogP contribution in [0.15, 0.2) is 23.3 Å². The van der Waals surface area contributed by atoms with Crippen LogP contribution in [0, 0.1) is 39.9 Å². The van der Waals surface area contributed by atoms with Gasteiger partial charge < -0.3 is 4.74 Å². The van der Waals surface area contributed by atoms with Crippen molar-refractivity contribution in [3.63, 3.8) is 0 Å². The minimum absolute atomic E-state index is 0.184. The first-order chi connectivity index (χ1) is 11.5. The fourth-order valence-corrected chi connectivity index (χ4v) is 7.23. The Hall–Kier alpha value is -1.07. The smallest absolute Gasteiger partial charge is 0.0911 e. The Morgan fingerprint density at radius 3 is 2.83 bits per heavy atom. The molecule has 0 aromatic rings. The number of methoxy groups -OCH3 is 1. The van der Waals surface area contributed by atoms with Gasteiger partial charge in [-0.1, -0.05) is 31.1 Å². The van der Waals surface area contributed by atoms with E-state index in [0.717, 1.165) is 24.7 Å². The normalized spacial score (nSPS) is 48.9. The molecule has 2 nitrogen and oxygen atoms in total. The molecular formula is C22H31NO. The number of nitrogens with zero attached hydrogens (tertiary/aromatic N) is 1. The molecular weight excluding hydrogens is 294 g/mol. The molecule has 0 spiro atoms. The zero-order valence-corrected chi connectivity index (χ0v) is 15.5. The SMILES string of the molecule is COC1CC2(C)C(=CC#N)CCC2C2CCC3=CCCCC3(C)C12. The average molecular weight is 325 g/mol. The van der Waals surface area contributed by atoms with Gasteiger partial charge in [0.05, 0.1) is 12.2 Å². The van der Waals surface area contributed by atoms with E-state index < -0.39 is 0 Å². The molecule has 0 bridgehead atoms. The quantitative estimate of drug-likeness (QED) is 0.477. The maximum atomic E-state index is 9.22. The first kappa shape index (κ1) is 16.4. The van der Waals surface area contributed by atoms with Crippen molar-refractivity contribution in [1.82, 2.24) is 0 Å². The highest BCUT2D eigenvalue weighted by Gasteiger charge is 2.60. The first-order valence-corrected chi connectivity index (χ1v) is 9.86. The highest BCUT2D eigenvalue weighted by Crippen LogP contribution is 2.66. The molecule has 4 rings (SSSR count). The number of ether oxygens (including phenoxy) is 1. The monoisotopic (exact) mass is 325 g/mol. The lowest BCUT2D eigenvalue weighted by Crippen LogP contribution is -2.56. The highest BCUT2D eigenvalue weighted by atomic mass is 16.5. The van der Waals surface area contributed by atoms with Crippen molar-refractivity contribution < 1.29 is 4.74 Å². The molecule has 0 radical (unpaired) electrons. The maximum Gasteiger partial charge on any atom is 0.0911 e. The van der Waals surface area contributed by atoms with E-state index in [4.69, 9.17) is 4.74 Å². The van der Waals surface area contributed by atoms with Gasteiger partial charge in [-0.05, 0) is 80.0 Å². The van der Waals surface area contributed by atoms with Gasteiger partial charge in [-0.15, -0.1) is 0 Å². The van der Waals surface area contributed by atoms with Crippen LogP contribution in [-0.4, -0.2) is 13.2 Å². The molecule has 6 atom stereocenters. The van der Waals surface area contributed by atoms with Gasteiger partial charge in [0.1, 0.15) is 0 Å². The summed E-state index contributed by atoms with van der Waals surface area (Å²) in [7, 11) is 1.91. The molecule has 0 saturated heterocycles.